The second kappa shape index (κ2) is 2.93. The highest BCUT2D eigenvalue weighted by Gasteiger charge is 2.16. The summed E-state index contributed by atoms with van der Waals surface area (Å²) >= 11 is 0. The zero-order valence-electron chi connectivity index (χ0n) is 6.21. The smallest absolute Gasteiger partial charge is 0.0728 e. The van der Waals surface area contributed by atoms with Crippen molar-refractivity contribution in [2.75, 3.05) is 18.5 Å². The molecule has 0 saturated carbocycles. The first-order valence-corrected chi connectivity index (χ1v) is 3.75. The van der Waals surface area contributed by atoms with Gasteiger partial charge in [0.2, 0.25) is 0 Å². The molecule has 0 aliphatic carbocycles. The SMILES string of the molecule is [c]1ccc(NC2COC2)cc1. The molecule has 1 aromatic carbocycles. The Morgan fingerprint density at radius 1 is 1.36 bits per heavy atom. The van der Waals surface area contributed by atoms with Crippen molar-refractivity contribution in [2.24, 2.45) is 0 Å². The third kappa shape index (κ3) is 1.52. The molecule has 1 saturated heterocycles. The van der Waals surface area contributed by atoms with E-state index >= 15 is 0 Å². The summed E-state index contributed by atoms with van der Waals surface area (Å²) in [5.41, 5.74) is 1.15. The topological polar surface area (TPSA) is 21.3 Å². The predicted octanol–water partition coefficient (Wildman–Crippen LogP) is 1.30. The van der Waals surface area contributed by atoms with E-state index in [1.807, 2.05) is 24.3 Å². The molecule has 0 unspecified atom stereocenters. The fourth-order valence-corrected chi connectivity index (χ4v) is 1.04. The van der Waals surface area contributed by atoms with Gasteiger partial charge in [0, 0.05) is 5.69 Å². The van der Waals surface area contributed by atoms with Crippen LogP contribution in [0.4, 0.5) is 5.69 Å². The molecule has 1 radical (unpaired) electrons. The first-order chi connectivity index (χ1) is 5.45. The van der Waals surface area contributed by atoms with Crippen LogP contribution in [0.3, 0.4) is 0 Å². The zero-order chi connectivity index (χ0) is 7.52. The lowest BCUT2D eigenvalue weighted by Crippen LogP contribution is -2.40. The Balaban J connectivity index is 1.95. The van der Waals surface area contributed by atoms with E-state index in [-0.39, 0.29) is 0 Å². The molecule has 1 aliphatic rings. The molecule has 1 fully saturated rings. The first-order valence-electron chi connectivity index (χ1n) is 3.75. The van der Waals surface area contributed by atoms with Crippen molar-refractivity contribution in [3.63, 3.8) is 0 Å². The molecule has 57 valence electrons. The van der Waals surface area contributed by atoms with Gasteiger partial charge in [-0.3, -0.25) is 0 Å². The predicted molar refractivity (Wildman–Crippen MR) is 43.5 cm³/mol. The number of hydrogen-bond acceptors (Lipinski definition) is 2. The van der Waals surface area contributed by atoms with Crippen LogP contribution < -0.4 is 5.32 Å². The van der Waals surface area contributed by atoms with Crippen LogP contribution in [-0.4, -0.2) is 19.3 Å². The standard InChI is InChI=1S/C9H10NO/c1-2-4-8(5-3-1)10-9-6-11-7-9/h2-5,9-10H,6-7H2. The fraction of sp³-hybridized carbons (Fsp3) is 0.333. The van der Waals surface area contributed by atoms with Crippen molar-refractivity contribution in [2.45, 2.75) is 6.04 Å². The van der Waals surface area contributed by atoms with E-state index in [1.54, 1.807) is 0 Å². The molecule has 11 heavy (non-hydrogen) atoms. The van der Waals surface area contributed by atoms with Crippen molar-refractivity contribution >= 4 is 5.69 Å². The van der Waals surface area contributed by atoms with E-state index in [0.717, 1.165) is 18.9 Å². The van der Waals surface area contributed by atoms with E-state index in [0.29, 0.717) is 6.04 Å². The second-order valence-corrected chi connectivity index (χ2v) is 2.67. The van der Waals surface area contributed by atoms with Crippen LogP contribution in [0.5, 0.6) is 0 Å². The number of hydrogen-bond donors (Lipinski definition) is 1. The van der Waals surface area contributed by atoms with Crippen molar-refractivity contribution in [3.05, 3.63) is 30.3 Å². The summed E-state index contributed by atoms with van der Waals surface area (Å²) in [6.07, 6.45) is 0. The van der Waals surface area contributed by atoms with Crippen LogP contribution in [0.1, 0.15) is 0 Å². The fourth-order valence-electron chi connectivity index (χ4n) is 1.04. The monoisotopic (exact) mass is 148 g/mol. The zero-order valence-corrected chi connectivity index (χ0v) is 6.21. The van der Waals surface area contributed by atoms with Gasteiger partial charge in [-0.15, -0.1) is 0 Å². The molecule has 1 heterocycles. The number of rotatable bonds is 2. The molecule has 1 aliphatic heterocycles. The Labute approximate surface area is 66.2 Å². The summed E-state index contributed by atoms with van der Waals surface area (Å²) in [6.45, 7) is 1.66. The van der Waals surface area contributed by atoms with Crippen molar-refractivity contribution < 1.29 is 4.74 Å². The number of anilines is 1. The molecule has 2 heteroatoms. The minimum Gasteiger partial charge on any atom is -0.378 e. The molecule has 2 nitrogen and oxygen atoms in total. The summed E-state index contributed by atoms with van der Waals surface area (Å²) in [5.74, 6) is 0. The van der Waals surface area contributed by atoms with Crippen LogP contribution in [0.25, 0.3) is 0 Å². The van der Waals surface area contributed by atoms with E-state index in [4.69, 9.17) is 4.74 Å². The molecule has 0 amide bonds. The van der Waals surface area contributed by atoms with Gasteiger partial charge in [0.25, 0.3) is 0 Å². The van der Waals surface area contributed by atoms with Gasteiger partial charge >= 0.3 is 0 Å². The molecule has 1 N–H and O–H groups in total. The summed E-state index contributed by atoms with van der Waals surface area (Å²) in [4.78, 5) is 0. The number of ether oxygens (including phenoxy) is 1. The van der Waals surface area contributed by atoms with Gasteiger partial charge in [0.15, 0.2) is 0 Å². The molecule has 0 aromatic heterocycles. The maximum absolute atomic E-state index is 5.04. The van der Waals surface area contributed by atoms with Crippen molar-refractivity contribution in [1.82, 2.24) is 0 Å². The van der Waals surface area contributed by atoms with Crippen LogP contribution >= 0.6 is 0 Å². The maximum atomic E-state index is 5.04. The quantitative estimate of drug-likeness (QED) is 0.682. The van der Waals surface area contributed by atoms with Gasteiger partial charge in [0.1, 0.15) is 0 Å². The van der Waals surface area contributed by atoms with Gasteiger partial charge < -0.3 is 10.1 Å². The number of nitrogens with one attached hydrogen (secondary N) is 1. The van der Waals surface area contributed by atoms with Crippen molar-refractivity contribution in [3.8, 4) is 0 Å². The van der Waals surface area contributed by atoms with Crippen molar-refractivity contribution in [1.29, 1.82) is 0 Å². The summed E-state index contributed by atoms with van der Waals surface area (Å²) in [5, 5.41) is 3.33. The highest BCUT2D eigenvalue weighted by atomic mass is 16.5. The van der Waals surface area contributed by atoms with Gasteiger partial charge in [0.05, 0.1) is 19.3 Å². The average molecular weight is 148 g/mol. The minimum absolute atomic E-state index is 0.511. The molecule has 1 aromatic rings. The van der Waals surface area contributed by atoms with E-state index in [1.165, 1.54) is 0 Å². The Bertz CT molecular complexity index is 218. The van der Waals surface area contributed by atoms with Gasteiger partial charge in [-0.05, 0) is 18.2 Å². The van der Waals surface area contributed by atoms with Gasteiger partial charge in [-0.2, -0.15) is 0 Å². The maximum Gasteiger partial charge on any atom is 0.0728 e. The lowest BCUT2D eigenvalue weighted by Gasteiger charge is -2.27. The number of benzene rings is 1. The van der Waals surface area contributed by atoms with Crippen LogP contribution in [-0.2, 0) is 4.74 Å². The Morgan fingerprint density at radius 3 is 2.64 bits per heavy atom. The molecular weight excluding hydrogens is 138 g/mol. The van der Waals surface area contributed by atoms with Crippen LogP contribution in [0.15, 0.2) is 24.3 Å². The average Bonchev–Trinajstić information content (AvgIpc) is 1.99. The lowest BCUT2D eigenvalue weighted by molar-refractivity contribution is 0.0211. The Hall–Kier alpha value is -1.02. The largest absolute Gasteiger partial charge is 0.378 e. The van der Waals surface area contributed by atoms with Gasteiger partial charge in [-0.25, -0.2) is 0 Å². The highest BCUT2D eigenvalue weighted by molar-refractivity contribution is 5.43. The molecule has 2 rings (SSSR count). The van der Waals surface area contributed by atoms with Crippen LogP contribution in [0.2, 0.25) is 0 Å². The lowest BCUT2D eigenvalue weighted by atomic mass is 10.2. The second-order valence-electron chi connectivity index (χ2n) is 2.67. The molecular formula is C9H10NO. The summed E-state index contributed by atoms with van der Waals surface area (Å²) in [6, 6.07) is 11.3. The Morgan fingerprint density at radius 2 is 2.09 bits per heavy atom. The highest BCUT2D eigenvalue weighted by Crippen LogP contribution is 2.10. The molecule has 0 spiro atoms. The molecule has 0 atom stereocenters. The van der Waals surface area contributed by atoms with E-state index in [9.17, 15) is 0 Å². The summed E-state index contributed by atoms with van der Waals surface area (Å²) in [7, 11) is 0. The third-order valence-corrected chi connectivity index (χ3v) is 1.73. The summed E-state index contributed by atoms with van der Waals surface area (Å²) < 4.78 is 5.04. The third-order valence-electron chi connectivity index (χ3n) is 1.73. The van der Waals surface area contributed by atoms with Crippen LogP contribution in [0, 0.1) is 6.07 Å². The molecule has 0 bridgehead atoms. The van der Waals surface area contributed by atoms with Gasteiger partial charge in [-0.1, -0.05) is 12.1 Å². The van der Waals surface area contributed by atoms with E-state index in [2.05, 4.69) is 11.4 Å². The minimum atomic E-state index is 0.511. The Kier molecular flexibility index (Phi) is 1.78. The normalized spacial score (nSPS) is 17.5. The first kappa shape index (κ1) is 6.68. The van der Waals surface area contributed by atoms with E-state index < -0.39 is 0 Å².